The van der Waals surface area contributed by atoms with Crippen molar-refractivity contribution in [1.82, 2.24) is 9.97 Å². The lowest BCUT2D eigenvalue weighted by molar-refractivity contribution is 0.0951. The van der Waals surface area contributed by atoms with Gasteiger partial charge in [-0.2, -0.15) is 0 Å². The molecule has 1 unspecified atom stereocenters. The third-order valence-corrected chi connectivity index (χ3v) is 3.81. The molecule has 1 atom stereocenters. The molecule has 1 aliphatic carbocycles. The van der Waals surface area contributed by atoms with E-state index in [9.17, 15) is 4.79 Å². The molecule has 0 saturated heterocycles. The zero-order valence-electron chi connectivity index (χ0n) is 12.4. The minimum absolute atomic E-state index is 0.177. The fraction of sp³-hybridized carbons (Fsp3) is 0.353. The van der Waals surface area contributed by atoms with Crippen LogP contribution >= 0.6 is 0 Å². The number of Topliss-reactive ketones (excluding diaryl/α,β-unsaturated/α-hetero) is 1. The molecule has 0 fully saturated rings. The first kappa shape index (κ1) is 13.7. The van der Waals surface area contributed by atoms with Crippen LogP contribution in [0.15, 0.2) is 30.3 Å². The molecule has 1 aromatic heterocycles. The van der Waals surface area contributed by atoms with E-state index in [0.29, 0.717) is 24.8 Å². The van der Waals surface area contributed by atoms with E-state index >= 15 is 0 Å². The lowest BCUT2D eigenvalue weighted by atomic mass is 9.86. The summed E-state index contributed by atoms with van der Waals surface area (Å²) >= 11 is 0. The van der Waals surface area contributed by atoms with Gasteiger partial charge in [0.15, 0.2) is 5.78 Å². The largest absolute Gasteiger partial charge is 0.350 e. The molecule has 0 bridgehead atoms. The number of hydrogen-bond donors (Lipinski definition) is 1. The Hall–Kier alpha value is -2.23. The molecule has 0 amide bonds. The topological polar surface area (TPSA) is 54.9 Å². The summed E-state index contributed by atoms with van der Waals surface area (Å²) in [5, 5.41) is 3.25. The van der Waals surface area contributed by atoms with Crippen LogP contribution in [0.5, 0.6) is 0 Å². The molecule has 3 rings (SSSR count). The number of rotatable bonds is 3. The SMILES string of the molecule is Cc1nc(NCc2ccccc2)nc2c1C(=O)CC(C)C2. The monoisotopic (exact) mass is 281 g/mol. The summed E-state index contributed by atoms with van der Waals surface area (Å²) in [4.78, 5) is 21.1. The smallest absolute Gasteiger partial charge is 0.223 e. The van der Waals surface area contributed by atoms with Gasteiger partial charge in [0.25, 0.3) is 0 Å². The third kappa shape index (κ3) is 2.94. The predicted octanol–water partition coefficient (Wildman–Crippen LogP) is 3.16. The summed E-state index contributed by atoms with van der Waals surface area (Å²) in [7, 11) is 0. The molecule has 1 aromatic carbocycles. The molecule has 4 heteroatoms. The van der Waals surface area contributed by atoms with Crippen LogP contribution in [0, 0.1) is 12.8 Å². The van der Waals surface area contributed by atoms with E-state index in [0.717, 1.165) is 23.4 Å². The van der Waals surface area contributed by atoms with Crippen molar-refractivity contribution in [2.24, 2.45) is 5.92 Å². The molecule has 0 aliphatic heterocycles. The van der Waals surface area contributed by atoms with Gasteiger partial charge in [-0.05, 0) is 24.8 Å². The Morgan fingerprint density at radius 3 is 2.71 bits per heavy atom. The van der Waals surface area contributed by atoms with Crippen molar-refractivity contribution < 1.29 is 4.79 Å². The Kier molecular flexibility index (Phi) is 3.69. The normalized spacial score (nSPS) is 17.4. The number of anilines is 1. The number of aromatic nitrogens is 2. The van der Waals surface area contributed by atoms with Crippen molar-refractivity contribution in [2.75, 3.05) is 5.32 Å². The first-order valence-corrected chi connectivity index (χ1v) is 7.32. The van der Waals surface area contributed by atoms with Gasteiger partial charge in [0.2, 0.25) is 5.95 Å². The minimum atomic E-state index is 0.177. The number of aryl methyl sites for hydroxylation is 1. The van der Waals surface area contributed by atoms with Gasteiger partial charge in [-0.1, -0.05) is 37.3 Å². The summed E-state index contributed by atoms with van der Waals surface area (Å²) in [6.45, 7) is 4.67. The van der Waals surface area contributed by atoms with E-state index in [1.807, 2.05) is 25.1 Å². The van der Waals surface area contributed by atoms with Gasteiger partial charge < -0.3 is 5.32 Å². The van der Waals surface area contributed by atoms with Gasteiger partial charge in [-0.15, -0.1) is 0 Å². The summed E-state index contributed by atoms with van der Waals surface area (Å²) in [5.41, 5.74) is 3.59. The van der Waals surface area contributed by atoms with E-state index in [1.54, 1.807) is 0 Å². The number of fused-ring (bicyclic) bond motifs is 1. The molecule has 1 aliphatic rings. The summed E-state index contributed by atoms with van der Waals surface area (Å²) in [6, 6.07) is 10.1. The van der Waals surface area contributed by atoms with Crippen molar-refractivity contribution in [3.05, 3.63) is 52.8 Å². The molecule has 0 spiro atoms. The maximum Gasteiger partial charge on any atom is 0.223 e. The molecule has 0 saturated carbocycles. The van der Waals surface area contributed by atoms with E-state index in [-0.39, 0.29) is 5.78 Å². The number of carbonyl (C=O) groups is 1. The average Bonchev–Trinajstić information content (AvgIpc) is 2.45. The van der Waals surface area contributed by atoms with E-state index < -0.39 is 0 Å². The molecule has 1 heterocycles. The summed E-state index contributed by atoms with van der Waals surface area (Å²) in [6.07, 6.45) is 1.46. The highest BCUT2D eigenvalue weighted by atomic mass is 16.1. The van der Waals surface area contributed by atoms with Crippen molar-refractivity contribution in [3.8, 4) is 0 Å². The Morgan fingerprint density at radius 1 is 1.19 bits per heavy atom. The number of ketones is 1. The third-order valence-electron chi connectivity index (χ3n) is 3.81. The Labute approximate surface area is 124 Å². The number of hydrogen-bond acceptors (Lipinski definition) is 4. The second-order valence-electron chi connectivity index (χ2n) is 5.73. The van der Waals surface area contributed by atoms with E-state index in [1.165, 1.54) is 5.56 Å². The Balaban J connectivity index is 1.83. The van der Waals surface area contributed by atoms with Gasteiger partial charge in [-0.3, -0.25) is 4.79 Å². The number of benzene rings is 1. The summed E-state index contributed by atoms with van der Waals surface area (Å²) < 4.78 is 0. The zero-order chi connectivity index (χ0) is 14.8. The molecule has 1 N–H and O–H groups in total. The molecule has 108 valence electrons. The van der Waals surface area contributed by atoms with Crippen LogP contribution in [0.25, 0.3) is 0 Å². The van der Waals surface area contributed by atoms with E-state index in [4.69, 9.17) is 0 Å². The Morgan fingerprint density at radius 2 is 1.95 bits per heavy atom. The van der Waals surface area contributed by atoms with Crippen LogP contribution in [0.2, 0.25) is 0 Å². The second kappa shape index (κ2) is 5.64. The number of carbonyl (C=O) groups excluding carboxylic acids is 1. The van der Waals surface area contributed by atoms with Gasteiger partial charge in [0.1, 0.15) is 0 Å². The van der Waals surface area contributed by atoms with Gasteiger partial charge >= 0.3 is 0 Å². The van der Waals surface area contributed by atoms with Crippen LogP contribution in [-0.4, -0.2) is 15.8 Å². The van der Waals surface area contributed by atoms with Gasteiger partial charge in [-0.25, -0.2) is 9.97 Å². The second-order valence-corrected chi connectivity index (χ2v) is 5.73. The van der Waals surface area contributed by atoms with Crippen molar-refractivity contribution in [2.45, 2.75) is 33.2 Å². The fourth-order valence-electron chi connectivity index (χ4n) is 2.82. The lowest BCUT2D eigenvalue weighted by Crippen LogP contribution is -2.22. The number of nitrogens with zero attached hydrogens (tertiary/aromatic N) is 2. The van der Waals surface area contributed by atoms with Crippen molar-refractivity contribution in [3.63, 3.8) is 0 Å². The highest BCUT2D eigenvalue weighted by Gasteiger charge is 2.26. The Bertz CT molecular complexity index is 667. The first-order chi connectivity index (χ1) is 10.1. The lowest BCUT2D eigenvalue weighted by Gasteiger charge is -2.21. The highest BCUT2D eigenvalue weighted by Crippen LogP contribution is 2.26. The standard InChI is InChI=1S/C17H19N3O/c1-11-8-14-16(15(21)9-11)12(2)19-17(20-14)18-10-13-6-4-3-5-7-13/h3-7,11H,8-10H2,1-2H3,(H,18,19,20). The minimum Gasteiger partial charge on any atom is -0.350 e. The van der Waals surface area contributed by atoms with Crippen LogP contribution < -0.4 is 5.32 Å². The fourth-order valence-corrected chi connectivity index (χ4v) is 2.82. The molecular weight excluding hydrogens is 262 g/mol. The summed E-state index contributed by atoms with van der Waals surface area (Å²) in [5.74, 6) is 1.15. The van der Waals surface area contributed by atoms with Crippen molar-refractivity contribution in [1.29, 1.82) is 0 Å². The molecule has 2 aromatic rings. The highest BCUT2D eigenvalue weighted by molar-refractivity contribution is 5.99. The van der Waals surface area contributed by atoms with E-state index in [2.05, 4.69) is 34.3 Å². The number of nitrogens with one attached hydrogen (secondary N) is 1. The van der Waals surface area contributed by atoms with Crippen molar-refractivity contribution >= 4 is 11.7 Å². The first-order valence-electron chi connectivity index (χ1n) is 7.32. The van der Waals surface area contributed by atoms with Gasteiger partial charge in [0, 0.05) is 13.0 Å². The molecule has 4 nitrogen and oxygen atoms in total. The molecular formula is C17H19N3O. The predicted molar refractivity (Wildman–Crippen MR) is 82.4 cm³/mol. The van der Waals surface area contributed by atoms with Crippen LogP contribution in [0.4, 0.5) is 5.95 Å². The zero-order valence-corrected chi connectivity index (χ0v) is 12.4. The van der Waals surface area contributed by atoms with Crippen LogP contribution in [-0.2, 0) is 13.0 Å². The quantitative estimate of drug-likeness (QED) is 0.939. The van der Waals surface area contributed by atoms with Gasteiger partial charge in [0.05, 0.1) is 17.0 Å². The average molecular weight is 281 g/mol. The maximum atomic E-state index is 12.1. The molecule has 21 heavy (non-hydrogen) atoms. The maximum absolute atomic E-state index is 12.1. The molecule has 0 radical (unpaired) electrons. The van der Waals surface area contributed by atoms with Crippen LogP contribution in [0.3, 0.4) is 0 Å². The van der Waals surface area contributed by atoms with Crippen LogP contribution in [0.1, 0.15) is 40.7 Å².